The first kappa shape index (κ1) is 23.1. The molecule has 2 heterocycles. The topological polar surface area (TPSA) is 69.7 Å². The van der Waals surface area contributed by atoms with Gasteiger partial charge in [0.1, 0.15) is 0 Å². The second-order valence-electron chi connectivity index (χ2n) is 8.30. The van der Waals surface area contributed by atoms with Crippen molar-refractivity contribution < 1.29 is 13.2 Å². The number of carbonyl (C=O) groups is 1. The number of anilines is 2. The molecule has 1 aromatic heterocycles. The number of rotatable bonds is 6. The van der Waals surface area contributed by atoms with E-state index in [1.807, 2.05) is 77.0 Å². The summed E-state index contributed by atoms with van der Waals surface area (Å²) in [7, 11) is -3.70. The van der Waals surface area contributed by atoms with Crippen LogP contribution in [0.15, 0.2) is 101 Å². The summed E-state index contributed by atoms with van der Waals surface area (Å²) in [5.74, 6) is 0.0844. The summed E-state index contributed by atoms with van der Waals surface area (Å²) in [6.07, 6.45) is 0. The number of nitrogens with one attached hydrogen (secondary N) is 1. The Morgan fingerprint density at radius 2 is 1.40 bits per heavy atom. The molecule has 35 heavy (non-hydrogen) atoms. The van der Waals surface area contributed by atoms with Gasteiger partial charge in [0.05, 0.1) is 9.77 Å². The average molecular weight is 504 g/mol. The zero-order valence-electron chi connectivity index (χ0n) is 19.0. The van der Waals surface area contributed by atoms with E-state index in [0.29, 0.717) is 18.8 Å². The van der Waals surface area contributed by atoms with E-state index in [1.165, 1.54) is 11.3 Å². The number of thiophene rings is 1. The van der Waals surface area contributed by atoms with Crippen molar-refractivity contribution >= 4 is 38.6 Å². The van der Waals surface area contributed by atoms with Crippen molar-refractivity contribution in [2.24, 2.45) is 0 Å². The first-order valence-corrected chi connectivity index (χ1v) is 13.7. The molecular weight excluding hydrogens is 478 g/mol. The van der Waals surface area contributed by atoms with E-state index in [4.69, 9.17) is 0 Å². The minimum absolute atomic E-state index is 0.0844. The van der Waals surface area contributed by atoms with Crippen LogP contribution in [0.25, 0.3) is 11.1 Å². The van der Waals surface area contributed by atoms with Gasteiger partial charge in [-0.3, -0.25) is 9.52 Å². The molecule has 1 aliphatic heterocycles. The van der Waals surface area contributed by atoms with Gasteiger partial charge in [-0.15, -0.1) is 11.3 Å². The molecule has 8 heteroatoms. The van der Waals surface area contributed by atoms with Gasteiger partial charge in [0, 0.05) is 37.6 Å². The fraction of sp³-hybridized carbons (Fsp3) is 0.148. The van der Waals surface area contributed by atoms with Gasteiger partial charge in [0.25, 0.3) is 15.9 Å². The standard InChI is InChI=1S/C27H25N3O3S2/c31-27(26-7-4-20-34-26)30-18-16-29(17-19-30)24-12-10-23(11-13-24)28-35(32,33)25-14-8-22(9-15-25)21-5-2-1-3-6-21/h1-15,20,28H,16-19H2. The largest absolute Gasteiger partial charge is 0.368 e. The van der Waals surface area contributed by atoms with Crippen LogP contribution in [-0.4, -0.2) is 45.4 Å². The average Bonchev–Trinajstić information content (AvgIpc) is 3.44. The van der Waals surface area contributed by atoms with Gasteiger partial charge in [0.15, 0.2) is 0 Å². The Labute approximate surface area is 209 Å². The van der Waals surface area contributed by atoms with E-state index in [2.05, 4.69) is 9.62 Å². The summed E-state index contributed by atoms with van der Waals surface area (Å²) in [5, 5.41) is 1.92. The maximum Gasteiger partial charge on any atom is 0.264 e. The van der Waals surface area contributed by atoms with Crippen LogP contribution >= 0.6 is 11.3 Å². The van der Waals surface area contributed by atoms with Gasteiger partial charge >= 0.3 is 0 Å². The molecule has 178 valence electrons. The molecule has 0 aliphatic carbocycles. The number of nitrogens with zero attached hydrogens (tertiary/aromatic N) is 2. The number of piperazine rings is 1. The minimum Gasteiger partial charge on any atom is -0.368 e. The molecule has 0 spiro atoms. The van der Waals surface area contributed by atoms with E-state index < -0.39 is 10.0 Å². The molecule has 1 amide bonds. The number of amides is 1. The second kappa shape index (κ2) is 9.93. The monoisotopic (exact) mass is 503 g/mol. The van der Waals surface area contributed by atoms with E-state index in [1.54, 1.807) is 24.3 Å². The number of carbonyl (C=O) groups excluding carboxylic acids is 1. The van der Waals surface area contributed by atoms with Crippen LogP contribution in [0.5, 0.6) is 0 Å². The van der Waals surface area contributed by atoms with Gasteiger partial charge in [-0.2, -0.15) is 0 Å². The highest BCUT2D eigenvalue weighted by Gasteiger charge is 2.23. The number of hydrogen-bond acceptors (Lipinski definition) is 5. The summed E-state index contributed by atoms with van der Waals surface area (Å²) in [6, 6.07) is 27.8. The molecule has 0 saturated carbocycles. The molecule has 5 rings (SSSR count). The second-order valence-corrected chi connectivity index (χ2v) is 10.9. The minimum atomic E-state index is -3.70. The Bertz CT molecular complexity index is 1380. The van der Waals surface area contributed by atoms with Gasteiger partial charge < -0.3 is 9.80 Å². The van der Waals surface area contributed by atoms with Crippen LogP contribution in [0.1, 0.15) is 9.67 Å². The van der Waals surface area contributed by atoms with Crippen molar-refractivity contribution in [1.82, 2.24) is 4.90 Å². The predicted octanol–water partition coefficient (Wildman–Crippen LogP) is 5.18. The summed E-state index contributed by atoms with van der Waals surface area (Å²) >= 11 is 1.46. The maximum atomic E-state index is 12.9. The number of benzene rings is 3. The molecule has 0 radical (unpaired) electrons. The highest BCUT2D eigenvalue weighted by Crippen LogP contribution is 2.25. The first-order valence-electron chi connectivity index (χ1n) is 11.4. The zero-order chi connectivity index (χ0) is 24.3. The fourth-order valence-corrected chi connectivity index (χ4v) is 5.88. The quantitative estimate of drug-likeness (QED) is 0.394. The third-order valence-corrected chi connectivity index (χ3v) is 8.31. The molecule has 0 atom stereocenters. The van der Waals surface area contributed by atoms with Gasteiger partial charge in [0.2, 0.25) is 0 Å². The van der Waals surface area contributed by atoms with Gasteiger partial charge in [-0.1, -0.05) is 48.5 Å². The lowest BCUT2D eigenvalue weighted by atomic mass is 10.1. The molecule has 0 bridgehead atoms. The Morgan fingerprint density at radius 1 is 0.743 bits per heavy atom. The van der Waals surface area contributed by atoms with E-state index in [9.17, 15) is 13.2 Å². The summed E-state index contributed by atoms with van der Waals surface area (Å²) < 4.78 is 28.4. The lowest BCUT2D eigenvalue weighted by Gasteiger charge is -2.36. The van der Waals surface area contributed by atoms with Crippen molar-refractivity contribution in [3.05, 3.63) is 101 Å². The van der Waals surface area contributed by atoms with E-state index in [-0.39, 0.29) is 10.8 Å². The fourth-order valence-electron chi connectivity index (χ4n) is 4.14. The van der Waals surface area contributed by atoms with Crippen LogP contribution in [0.3, 0.4) is 0 Å². The van der Waals surface area contributed by atoms with Crippen molar-refractivity contribution in [3.63, 3.8) is 0 Å². The molecule has 3 aromatic carbocycles. The summed E-state index contributed by atoms with van der Waals surface area (Å²) in [5.41, 5.74) is 3.51. The lowest BCUT2D eigenvalue weighted by molar-refractivity contribution is 0.0751. The highest BCUT2D eigenvalue weighted by molar-refractivity contribution is 7.92. The predicted molar refractivity (Wildman–Crippen MR) is 142 cm³/mol. The highest BCUT2D eigenvalue weighted by atomic mass is 32.2. The molecule has 6 nitrogen and oxygen atoms in total. The molecule has 4 aromatic rings. The molecule has 1 N–H and O–H groups in total. The zero-order valence-corrected chi connectivity index (χ0v) is 20.6. The lowest BCUT2D eigenvalue weighted by Crippen LogP contribution is -2.48. The third kappa shape index (κ3) is 5.23. The van der Waals surface area contributed by atoms with Crippen LogP contribution in [0.4, 0.5) is 11.4 Å². The Kier molecular flexibility index (Phi) is 6.57. The summed E-state index contributed by atoms with van der Waals surface area (Å²) in [6.45, 7) is 2.78. The van der Waals surface area contributed by atoms with Crippen molar-refractivity contribution in [2.45, 2.75) is 4.90 Å². The van der Waals surface area contributed by atoms with Crippen LogP contribution in [0.2, 0.25) is 0 Å². The van der Waals surface area contributed by atoms with Crippen molar-refractivity contribution in [2.75, 3.05) is 35.8 Å². The molecule has 1 aliphatic rings. The number of hydrogen-bond donors (Lipinski definition) is 1. The Balaban J connectivity index is 1.20. The van der Waals surface area contributed by atoms with E-state index >= 15 is 0 Å². The van der Waals surface area contributed by atoms with Crippen LogP contribution in [0, 0.1) is 0 Å². The Morgan fingerprint density at radius 3 is 2.03 bits per heavy atom. The van der Waals surface area contributed by atoms with Crippen LogP contribution < -0.4 is 9.62 Å². The number of sulfonamides is 1. The van der Waals surface area contributed by atoms with Crippen molar-refractivity contribution in [3.8, 4) is 11.1 Å². The van der Waals surface area contributed by atoms with E-state index in [0.717, 1.165) is 34.8 Å². The molecular formula is C27H25N3O3S2. The Hall–Kier alpha value is -3.62. The molecule has 1 fully saturated rings. The maximum absolute atomic E-state index is 12.9. The normalized spacial score (nSPS) is 14.1. The van der Waals surface area contributed by atoms with Gasteiger partial charge in [-0.05, 0) is 59.0 Å². The first-order chi connectivity index (χ1) is 17.0. The van der Waals surface area contributed by atoms with Gasteiger partial charge in [-0.25, -0.2) is 8.42 Å². The van der Waals surface area contributed by atoms with Crippen LogP contribution in [-0.2, 0) is 10.0 Å². The molecule has 1 saturated heterocycles. The molecule has 0 unspecified atom stereocenters. The SMILES string of the molecule is O=C(c1cccs1)N1CCN(c2ccc(NS(=O)(=O)c3ccc(-c4ccccc4)cc3)cc2)CC1. The summed E-state index contributed by atoms with van der Waals surface area (Å²) in [4.78, 5) is 17.6. The third-order valence-electron chi connectivity index (χ3n) is 6.06. The smallest absolute Gasteiger partial charge is 0.264 e. The van der Waals surface area contributed by atoms with Crippen molar-refractivity contribution in [1.29, 1.82) is 0 Å².